The van der Waals surface area contributed by atoms with Crippen molar-refractivity contribution in [2.45, 2.75) is 27.4 Å². The summed E-state index contributed by atoms with van der Waals surface area (Å²) in [7, 11) is 1.27. The second-order valence-corrected chi connectivity index (χ2v) is 6.13. The molecule has 2 rings (SSSR count). The number of carbonyl (C=O) groups is 2. The minimum absolute atomic E-state index is 0.00895. The van der Waals surface area contributed by atoms with E-state index >= 15 is 0 Å². The number of Topliss-reactive ketones (excluding diaryl/α,β-unsaturated/α-hetero) is 1. The van der Waals surface area contributed by atoms with Gasteiger partial charge in [-0.15, -0.1) is 0 Å². The molecule has 30 heavy (non-hydrogen) atoms. The Morgan fingerprint density at radius 3 is 2.43 bits per heavy atom. The minimum Gasteiger partial charge on any atom is -0.493 e. The van der Waals surface area contributed by atoms with Crippen molar-refractivity contribution < 1.29 is 32.6 Å². The molecule has 1 N–H and O–H groups in total. The minimum atomic E-state index is -3.03. The number of aromatic amines is 1. The van der Waals surface area contributed by atoms with Crippen LogP contribution in [0.25, 0.3) is 6.08 Å². The van der Waals surface area contributed by atoms with E-state index < -0.39 is 18.4 Å². The molecule has 1 aromatic heterocycles. The molecule has 1 aromatic carbocycles. The Balaban J connectivity index is 2.49. The van der Waals surface area contributed by atoms with Crippen molar-refractivity contribution in [3.63, 3.8) is 0 Å². The van der Waals surface area contributed by atoms with E-state index in [0.29, 0.717) is 17.0 Å². The molecule has 0 fully saturated rings. The summed E-state index contributed by atoms with van der Waals surface area (Å²) in [5.41, 5.74) is 1.07. The lowest BCUT2D eigenvalue weighted by Gasteiger charge is -2.10. The van der Waals surface area contributed by atoms with Crippen molar-refractivity contribution in [1.82, 2.24) is 4.98 Å². The van der Waals surface area contributed by atoms with Gasteiger partial charge in [-0.25, -0.2) is 4.79 Å². The lowest BCUT2D eigenvalue weighted by molar-refractivity contribution is -0.0512. The third-order valence-electron chi connectivity index (χ3n) is 4.16. The normalized spacial score (nSPS) is 11.2. The molecule has 2 aromatic rings. The zero-order valence-corrected chi connectivity index (χ0v) is 16.8. The number of hydrogen-bond donors (Lipinski definition) is 1. The summed E-state index contributed by atoms with van der Waals surface area (Å²) in [6, 6.07) is 5.81. The number of ketones is 1. The number of nitriles is 1. The number of hydrogen-bond acceptors (Lipinski definition) is 6. The number of nitrogens with one attached hydrogen (secondary N) is 1. The van der Waals surface area contributed by atoms with Crippen LogP contribution in [0.1, 0.15) is 44.6 Å². The maximum atomic E-state index is 13.0. The number of allylic oxidation sites excluding steroid dienone is 1. The standard InChI is InChI=1S/C21H20F2N2O5/c1-5-29-20(27)18-12(3)25-11(2)17(18)19(26)14(10-24)8-13-6-7-15(30-21(22)23)16(9-13)28-4/h6-9,21,25H,5H2,1-4H3. The second kappa shape index (κ2) is 9.69. The number of H-pyrrole nitrogens is 1. The fourth-order valence-corrected chi connectivity index (χ4v) is 2.94. The molecule has 1 heterocycles. The Kier molecular flexibility index (Phi) is 7.31. The van der Waals surface area contributed by atoms with E-state index in [1.165, 1.54) is 31.4 Å². The first-order chi connectivity index (χ1) is 14.2. The van der Waals surface area contributed by atoms with Gasteiger partial charge >= 0.3 is 12.6 Å². The second-order valence-electron chi connectivity index (χ2n) is 6.13. The Bertz CT molecular complexity index is 1030. The van der Waals surface area contributed by atoms with Crippen molar-refractivity contribution in [2.24, 2.45) is 0 Å². The van der Waals surface area contributed by atoms with Crippen molar-refractivity contribution in [2.75, 3.05) is 13.7 Å². The van der Waals surface area contributed by atoms with Gasteiger partial charge in [0, 0.05) is 11.4 Å². The molecule has 0 saturated heterocycles. The number of methoxy groups -OCH3 is 1. The molecule has 0 saturated carbocycles. The number of nitrogens with zero attached hydrogens (tertiary/aromatic N) is 1. The van der Waals surface area contributed by atoms with Crippen LogP contribution < -0.4 is 9.47 Å². The first-order valence-corrected chi connectivity index (χ1v) is 8.89. The number of aryl methyl sites for hydroxylation is 2. The molecule has 0 aliphatic rings. The zero-order valence-electron chi connectivity index (χ0n) is 16.8. The predicted molar refractivity (Wildman–Crippen MR) is 104 cm³/mol. The Morgan fingerprint density at radius 1 is 1.20 bits per heavy atom. The Hall–Kier alpha value is -3.67. The van der Waals surface area contributed by atoms with Gasteiger partial charge in [-0.3, -0.25) is 4.79 Å². The molecule has 0 aliphatic heterocycles. The molecule has 0 radical (unpaired) electrons. The molecule has 0 amide bonds. The number of ether oxygens (including phenoxy) is 3. The summed E-state index contributed by atoms with van der Waals surface area (Å²) in [6.07, 6.45) is 1.27. The van der Waals surface area contributed by atoms with E-state index in [1.807, 2.05) is 6.07 Å². The van der Waals surface area contributed by atoms with E-state index in [4.69, 9.17) is 9.47 Å². The summed E-state index contributed by atoms with van der Waals surface area (Å²) in [6.45, 7) is 1.97. The average Bonchev–Trinajstić information content (AvgIpc) is 3.00. The largest absolute Gasteiger partial charge is 0.493 e. The third-order valence-corrected chi connectivity index (χ3v) is 4.16. The molecular weight excluding hydrogens is 398 g/mol. The van der Waals surface area contributed by atoms with Gasteiger partial charge in [0.25, 0.3) is 0 Å². The summed E-state index contributed by atoms with van der Waals surface area (Å²) in [4.78, 5) is 28.2. The average molecular weight is 418 g/mol. The number of esters is 1. The van der Waals surface area contributed by atoms with Gasteiger partial charge in [0.05, 0.1) is 24.8 Å². The molecular formula is C21H20F2N2O5. The van der Waals surface area contributed by atoms with Crippen LogP contribution in [-0.4, -0.2) is 37.1 Å². The van der Waals surface area contributed by atoms with Gasteiger partial charge in [-0.2, -0.15) is 14.0 Å². The highest BCUT2D eigenvalue weighted by Crippen LogP contribution is 2.31. The predicted octanol–water partition coefficient (Wildman–Crippen LogP) is 4.21. The van der Waals surface area contributed by atoms with Crippen molar-refractivity contribution >= 4 is 17.8 Å². The van der Waals surface area contributed by atoms with Gasteiger partial charge in [-0.05, 0) is 44.5 Å². The first kappa shape index (κ1) is 22.6. The lowest BCUT2D eigenvalue weighted by Crippen LogP contribution is -2.13. The van der Waals surface area contributed by atoms with Gasteiger partial charge in [-0.1, -0.05) is 6.07 Å². The first-order valence-electron chi connectivity index (χ1n) is 8.89. The van der Waals surface area contributed by atoms with Crippen molar-refractivity contribution in [1.29, 1.82) is 5.26 Å². The lowest BCUT2D eigenvalue weighted by atomic mass is 9.98. The van der Waals surface area contributed by atoms with Crippen molar-refractivity contribution in [3.8, 4) is 17.6 Å². The molecule has 0 unspecified atom stereocenters. The molecule has 0 aliphatic carbocycles. The molecule has 0 spiro atoms. The molecule has 0 atom stereocenters. The summed E-state index contributed by atoms with van der Waals surface area (Å²) in [5.74, 6) is -1.52. The van der Waals surface area contributed by atoms with E-state index in [9.17, 15) is 23.6 Å². The SMILES string of the molecule is CCOC(=O)c1c(C)[nH]c(C)c1C(=O)C(C#N)=Cc1ccc(OC(F)F)c(OC)c1. The number of alkyl halides is 2. The number of benzene rings is 1. The van der Waals surface area contributed by atoms with Crippen LogP contribution >= 0.6 is 0 Å². The number of rotatable bonds is 8. The number of aromatic nitrogens is 1. The number of carbonyl (C=O) groups excluding carboxylic acids is 2. The maximum Gasteiger partial charge on any atom is 0.387 e. The van der Waals surface area contributed by atoms with Gasteiger partial charge in [0.1, 0.15) is 11.6 Å². The van der Waals surface area contributed by atoms with E-state index in [2.05, 4.69) is 9.72 Å². The highest BCUT2D eigenvalue weighted by atomic mass is 19.3. The van der Waals surface area contributed by atoms with E-state index in [-0.39, 0.29) is 34.8 Å². The van der Waals surface area contributed by atoms with Crippen LogP contribution in [0.4, 0.5) is 8.78 Å². The third kappa shape index (κ3) is 4.84. The Labute approximate surface area is 171 Å². The van der Waals surface area contributed by atoms with Crippen molar-refractivity contribution in [3.05, 3.63) is 51.9 Å². The molecule has 9 heteroatoms. The quantitative estimate of drug-likeness (QED) is 0.298. The summed E-state index contributed by atoms with van der Waals surface area (Å²) < 4.78 is 39.3. The fourth-order valence-electron chi connectivity index (χ4n) is 2.94. The van der Waals surface area contributed by atoms with Crippen LogP contribution in [-0.2, 0) is 4.74 Å². The van der Waals surface area contributed by atoms with Gasteiger partial charge < -0.3 is 19.2 Å². The highest BCUT2D eigenvalue weighted by molar-refractivity contribution is 6.19. The van der Waals surface area contributed by atoms with Crippen LogP contribution in [0.5, 0.6) is 11.5 Å². The highest BCUT2D eigenvalue weighted by Gasteiger charge is 2.27. The smallest absolute Gasteiger partial charge is 0.387 e. The van der Waals surface area contributed by atoms with Crippen LogP contribution in [0.2, 0.25) is 0 Å². The Morgan fingerprint density at radius 2 is 1.87 bits per heavy atom. The zero-order chi connectivity index (χ0) is 22.4. The van der Waals surface area contributed by atoms with Crippen LogP contribution in [0.15, 0.2) is 23.8 Å². The van der Waals surface area contributed by atoms with Gasteiger partial charge in [0.2, 0.25) is 5.78 Å². The van der Waals surface area contributed by atoms with Crippen LogP contribution in [0, 0.1) is 25.2 Å². The van der Waals surface area contributed by atoms with Gasteiger partial charge in [0.15, 0.2) is 11.5 Å². The fraction of sp³-hybridized carbons (Fsp3) is 0.286. The number of halogens is 2. The summed E-state index contributed by atoms with van der Waals surface area (Å²) in [5, 5.41) is 9.53. The maximum absolute atomic E-state index is 13.0. The van der Waals surface area contributed by atoms with E-state index in [0.717, 1.165) is 0 Å². The summed E-state index contributed by atoms with van der Waals surface area (Å²) >= 11 is 0. The van der Waals surface area contributed by atoms with Crippen LogP contribution in [0.3, 0.4) is 0 Å². The molecule has 0 bridgehead atoms. The topological polar surface area (TPSA) is 101 Å². The van der Waals surface area contributed by atoms with E-state index in [1.54, 1.807) is 20.8 Å². The monoisotopic (exact) mass is 418 g/mol. The molecule has 158 valence electrons. The molecule has 7 nitrogen and oxygen atoms in total.